The Morgan fingerprint density at radius 2 is 1.38 bits per heavy atom. The number of allylic oxidation sites excluding steroid dienone is 3. The third-order valence-corrected chi connectivity index (χ3v) is 8.12. The molecule has 7 heteroatoms. The minimum absolute atomic E-state index is 0.0698. The lowest BCUT2D eigenvalue weighted by Crippen LogP contribution is -2.48. The number of amides is 1. The van der Waals surface area contributed by atoms with Crippen molar-refractivity contribution in [2.45, 2.75) is 11.4 Å². The third kappa shape index (κ3) is 6.01. The summed E-state index contributed by atoms with van der Waals surface area (Å²) in [5, 5.41) is 0. The molecule has 37 heavy (non-hydrogen) atoms. The van der Waals surface area contributed by atoms with Crippen molar-refractivity contribution in [2.75, 3.05) is 30.5 Å². The van der Waals surface area contributed by atoms with E-state index in [2.05, 4.69) is 18.1 Å². The summed E-state index contributed by atoms with van der Waals surface area (Å²) >= 11 is 0. The standard InChI is InChI=1S/C30H31N3O3S/c1-3-11-27(4-2)31-20-22-32(23-21-31)30(34)26-16-18-28(19-17-26)33(24-25-12-7-5-8-13-25)37(35,36)29-14-9-6-10-15-29/h3-19H,1-2,20-24H2/b27-11+. The molecule has 0 unspecified atom stereocenters. The van der Waals surface area contributed by atoms with Crippen LogP contribution in [0.2, 0.25) is 0 Å². The number of benzene rings is 3. The summed E-state index contributed by atoms with van der Waals surface area (Å²) in [6.45, 7) is 10.4. The first-order chi connectivity index (χ1) is 17.9. The molecule has 0 N–H and O–H groups in total. The maximum atomic E-state index is 13.6. The predicted octanol–water partition coefficient (Wildman–Crippen LogP) is 5.10. The summed E-state index contributed by atoms with van der Waals surface area (Å²) in [4.78, 5) is 17.4. The second-order valence-electron chi connectivity index (χ2n) is 8.67. The fourth-order valence-electron chi connectivity index (χ4n) is 4.33. The van der Waals surface area contributed by atoms with Crippen LogP contribution in [-0.2, 0) is 16.6 Å². The van der Waals surface area contributed by atoms with Gasteiger partial charge in [-0.2, -0.15) is 0 Å². The normalized spacial score (nSPS) is 14.2. The average Bonchev–Trinajstić information content (AvgIpc) is 2.95. The van der Waals surface area contributed by atoms with Crippen LogP contribution in [0, 0.1) is 0 Å². The molecule has 0 aromatic heterocycles. The quantitative estimate of drug-likeness (QED) is 0.374. The number of nitrogens with zero attached hydrogens (tertiary/aromatic N) is 3. The molecule has 0 bridgehead atoms. The van der Waals surface area contributed by atoms with Crippen LogP contribution < -0.4 is 4.31 Å². The monoisotopic (exact) mass is 513 g/mol. The summed E-state index contributed by atoms with van der Waals surface area (Å²) in [6.07, 6.45) is 5.44. The Bertz CT molecular complexity index is 1360. The molecule has 1 aliphatic heterocycles. The van der Waals surface area contributed by atoms with E-state index in [-0.39, 0.29) is 17.3 Å². The van der Waals surface area contributed by atoms with Crippen LogP contribution in [0.15, 0.2) is 127 Å². The van der Waals surface area contributed by atoms with E-state index in [0.29, 0.717) is 37.4 Å². The number of hydrogen-bond acceptors (Lipinski definition) is 4. The van der Waals surface area contributed by atoms with Crippen LogP contribution in [-0.4, -0.2) is 50.3 Å². The summed E-state index contributed by atoms with van der Waals surface area (Å²) in [7, 11) is -3.82. The van der Waals surface area contributed by atoms with Crippen molar-refractivity contribution in [3.63, 3.8) is 0 Å². The van der Waals surface area contributed by atoms with Gasteiger partial charge in [-0.1, -0.05) is 67.8 Å². The molecule has 3 aromatic rings. The second kappa shape index (κ2) is 11.8. The van der Waals surface area contributed by atoms with E-state index >= 15 is 0 Å². The fraction of sp³-hybridized carbons (Fsp3) is 0.167. The maximum Gasteiger partial charge on any atom is 0.264 e. The molecule has 0 atom stereocenters. The van der Waals surface area contributed by atoms with Gasteiger partial charge in [0.1, 0.15) is 0 Å². The SMILES string of the molecule is C=C/C=C(\C=C)N1CCN(C(=O)c2ccc(N(Cc3ccccc3)S(=O)(=O)c3ccccc3)cc2)CC1. The Kier molecular flexibility index (Phi) is 8.25. The van der Waals surface area contributed by atoms with Gasteiger partial charge < -0.3 is 9.80 Å². The van der Waals surface area contributed by atoms with Crippen molar-refractivity contribution in [2.24, 2.45) is 0 Å². The van der Waals surface area contributed by atoms with Crippen LogP contribution in [0.3, 0.4) is 0 Å². The van der Waals surface area contributed by atoms with Gasteiger partial charge >= 0.3 is 0 Å². The first-order valence-corrected chi connectivity index (χ1v) is 13.6. The van der Waals surface area contributed by atoms with E-state index < -0.39 is 10.0 Å². The molecule has 0 aliphatic carbocycles. The van der Waals surface area contributed by atoms with Gasteiger partial charge in [0, 0.05) is 37.4 Å². The molecular weight excluding hydrogens is 482 g/mol. The first kappa shape index (κ1) is 26.0. The van der Waals surface area contributed by atoms with Gasteiger partial charge in [0.2, 0.25) is 0 Å². The smallest absolute Gasteiger partial charge is 0.264 e. The molecule has 1 fully saturated rings. The van der Waals surface area contributed by atoms with Crippen LogP contribution in [0.4, 0.5) is 5.69 Å². The van der Waals surface area contributed by atoms with Gasteiger partial charge in [-0.15, -0.1) is 0 Å². The molecule has 0 saturated carbocycles. The van der Waals surface area contributed by atoms with Gasteiger partial charge in [0.25, 0.3) is 15.9 Å². The Labute approximate surface area is 219 Å². The van der Waals surface area contributed by atoms with Crippen LogP contribution in [0.25, 0.3) is 0 Å². The molecule has 0 radical (unpaired) electrons. The molecule has 1 amide bonds. The molecule has 1 saturated heterocycles. The minimum Gasteiger partial charge on any atom is -0.368 e. The van der Waals surface area contributed by atoms with Gasteiger partial charge in [-0.25, -0.2) is 8.42 Å². The van der Waals surface area contributed by atoms with Gasteiger partial charge in [-0.05, 0) is 54.1 Å². The average molecular weight is 514 g/mol. The Balaban J connectivity index is 1.54. The lowest BCUT2D eigenvalue weighted by Gasteiger charge is -2.36. The minimum atomic E-state index is -3.82. The number of sulfonamides is 1. The van der Waals surface area contributed by atoms with Crippen LogP contribution >= 0.6 is 0 Å². The van der Waals surface area contributed by atoms with E-state index in [9.17, 15) is 13.2 Å². The Morgan fingerprint density at radius 1 is 0.811 bits per heavy atom. The number of rotatable bonds is 9. The van der Waals surface area contributed by atoms with Gasteiger partial charge in [0.05, 0.1) is 17.1 Å². The highest BCUT2D eigenvalue weighted by molar-refractivity contribution is 7.92. The molecule has 6 nitrogen and oxygen atoms in total. The zero-order valence-electron chi connectivity index (χ0n) is 20.7. The first-order valence-electron chi connectivity index (χ1n) is 12.1. The van der Waals surface area contributed by atoms with E-state index in [1.165, 1.54) is 4.31 Å². The highest BCUT2D eigenvalue weighted by Crippen LogP contribution is 2.27. The molecule has 0 spiro atoms. The van der Waals surface area contributed by atoms with Crippen molar-refractivity contribution >= 4 is 21.6 Å². The molecule has 3 aromatic carbocycles. The van der Waals surface area contributed by atoms with Gasteiger partial charge in [-0.3, -0.25) is 9.10 Å². The summed E-state index contributed by atoms with van der Waals surface area (Å²) in [5.41, 5.74) is 2.88. The van der Waals surface area contributed by atoms with Crippen molar-refractivity contribution in [3.05, 3.63) is 133 Å². The number of anilines is 1. The molecule has 1 heterocycles. The van der Waals surface area contributed by atoms with Gasteiger partial charge in [0.15, 0.2) is 0 Å². The van der Waals surface area contributed by atoms with E-state index in [0.717, 1.165) is 11.3 Å². The zero-order valence-corrected chi connectivity index (χ0v) is 21.6. The fourth-order valence-corrected chi connectivity index (χ4v) is 5.80. The summed E-state index contributed by atoms with van der Waals surface area (Å²) in [6, 6.07) is 24.7. The topological polar surface area (TPSA) is 60.9 Å². The number of hydrogen-bond donors (Lipinski definition) is 0. The lowest BCUT2D eigenvalue weighted by molar-refractivity contribution is 0.0672. The third-order valence-electron chi connectivity index (χ3n) is 6.33. The van der Waals surface area contributed by atoms with E-state index in [1.54, 1.807) is 66.7 Å². The maximum absolute atomic E-state index is 13.6. The van der Waals surface area contributed by atoms with Crippen molar-refractivity contribution in [3.8, 4) is 0 Å². The van der Waals surface area contributed by atoms with Crippen LogP contribution in [0.5, 0.6) is 0 Å². The van der Waals surface area contributed by atoms with E-state index in [1.807, 2.05) is 41.3 Å². The van der Waals surface area contributed by atoms with Crippen molar-refractivity contribution < 1.29 is 13.2 Å². The zero-order chi connectivity index (χ0) is 26.3. The van der Waals surface area contributed by atoms with E-state index in [4.69, 9.17) is 0 Å². The molecule has 1 aliphatic rings. The number of carbonyl (C=O) groups excluding carboxylic acids is 1. The highest BCUT2D eigenvalue weighted by atomic mass is 32.2. The Morgan fingerprint density at radius 3 is 1.95 bits per heavy atom. The van der Waals surface area contributed by atoms with Crippen LogP contribution in [0.1, 0.15) is 15.9 Å². The summed E-state index contributed by atoms with van der Waals surface area (Å²) < 4.78 is 28.6. The Hall–Kier alpha value is -4.10. The van der Waals surface area contributed by atoms with Crippen molar-refractivity contribution in [1.82, 2.24) is 9.80 Å². The molecular formula is C30H31N3O3S. The number of carbonyl (C=O) groups is 1. The highest BCUT2D eigenvalue weighted by Gasteiger charge is 2.26. The van der Waals surface area contributed by atoms with Crippen molar-refractivity contribution in [1.29, 1.82) is 0 Å². The largest absolute Gasteiger partial charge is 0.368 e. The molecule has 4 rings (SSSR count). The molecule has 190 valence electrons. The number of piperazine rings is 1. The lowest BCUT2D eigenvalue weighted by atomic mass is 10.1. The predicted molar refractivity (Wildman–Crippen MR) is 149 cm³/mol. The second-order valence-corrected chi connectivity index (χ2v) is 10.5. The summed E-state index contributed by atoms with van der Waals surface area (Å²) in [5.74, 6) is -0.0698.